The number of imidazole rings is 1. The fourth-order valence-corrected chi connectivity index (χ4v) is 9.54. The van der Waals surface area contributed by atoms with E-state index in [4.69, 9.17) is 20.0 Å². The molecule has 2 unspecified atom stereocenters. The molecule has 0 N–H and O–H groups in total. The molecule has 0 bridgehead atoms. The second kappa shape index (κ2) is 13.7. The Balaban J connectivity index is 1.07. The van der Waals surface area contributed by atoms with E-state index in [0.29, 0.717) is 0 Å². The lowest BCUT2D eigenvalue weighted by Gasteiger charge is -2.33. The van der Waals surface area contributed by atoms with Crippen molar-refractivity contribution in [1.29, 1.82) is 0 Å². The van der Waals surface area contributed by atoms with E-state index in [9.17, 15) is 0 Å². The lowest BCUT2D eigenvalue weighted by atomic mass is 9.94. The molecule has 0 saturated heterocycles. The van der Waals surface area contributed by atoms with Crippen molar-refractivity contribution in [3.63, 3.8) is 0 Å². The van der Waals surface area contributed by atoms with E-state index in [2.05, 4.69) is 216 Å². The van der Waals surface area contributed by atoms with Crippen molar-refractivity contribution < 1.29 is 0 Å². The quantitative estimate of drug-likeness (QED) is 0.174. The fraction of sp³-hybridized carbons (Fsp3) is 0.0357. The minimum absolute atomic E-state index is 0.0167. The summed E-state index contributed by atoms with van der Waals surface area (Å²) in [6.07, 6.45) is 8.70. The Hall–Kier alpha value is -8.22. The molecule has 0 radical (unpaired) electrons. The highest BCUT2D eigenvalue weighted by atomic mass is 15.3. The highest BCUT2D eigenvalue weighted by molar-refractivity contribution is 6.22. The monoisotopic (exact) mass is 792 g/mol. The molecule has 3 aliphatic rings. The minimum atomic E-state index is -0.0328. The van der Waals surface area contributed by atoms with Crippen LogP contribution in [-0.2, 0) is 0 Å². The maximum absolute atomic E-state index is 5.56. The number of allylic oxidation sites excluding steroid dienone is 2. The Kier molecular flexibility index (Phi) is 7.63. The molecule has 2 aromatic heterocycles. The summed E-state index contributed by atoms with van der Waals surface area (Å²) in [7, 11) is 0. The number of para-hydroxylation sites is 2. The number of amidine groups is 2. The molecular weight excluding hydrogens is 757 g/mol. The largest absolute Gasteiger partial charge is 0.301 e. The summed E-state index contributed by atoms with van der Waals surface area (Å²) in [5, 5.41) is 3.39. The van der Waals surface area contributed by atoms with E-state index in [1.807, 2.05) is 0 Å². The third kappa shape index (κ3) is 5.50. The molecule has 13 rings (SSSR count). The van der Waals surface area contributed by atoms with Crippen molar-refractivity contribution in [2.24, 2.45) is 9.98 Å². The van der Waals surface area contributed by atoms with Crippen LogP contribution >= 0.6 is 0 Å². The maximum atomic E-state index is 5.56. The van der Waals surface area contributed by atoms with Gasteiger partial charge in [0.15, 0.2) is 0 Å². The summed E-state index contributed by atoms with van der Waals surface area (Å²) < 4.78 is 2.24. The number of rotatable bonds is 5. The van der Waals surface area contributed by atoms with Crippen molar-refractivity contribution in [1.82, 2.24) is 19.3 Å². The van der Waals surface area contributed by atoms with Crippen LogP contribution in [0.1, 0.15) is 11.1 Å². The Morgan fingerprint density at radius 1 is 0.435 bits per heavy atom. The highest BCUT2D eigenvalue weighted by Crippen LogP contribution is 2.41. The van der Waals surface area contributed by atoms with Gasteiger partial charge in [-0.25, -0.2) is 15.0 Å². The first-order valence-corrected chi connectivity index (χ1v) is 21.1. The molecule has 2 aliphatic heterocycles. The van der Waals surface area contributed by atoms with Gasteiger partial charge in [-0.15, -0.1) is 0 Å². The highest BCUT2D eigenvalue weighted by Gasteiger charge is 2.41. The lowest BCUT2D eigenvalue weighted by molar-refractivity contribution is 0.513. The molecule has 0 amide bonds. The fourth-order valence-electron chi connectivity index (χ4n) is 9.54. The third-order valence-electron chi connectivity index (χ3n) is 12.6. The number of aliphatic imine (C=N–C) groups is 2. The number of nitrogens with zero attached hydrogens (tertiary/aromatic N) is 6. The SMILES string of the molecule is C1=CC2N=C3c4cc(-c5ccccc5)ccc4N=C(c4cc(-c5ccc6ccccc6c5)cc(-c5nc6ccc(-c7ccccc7)cc6c6nc7ccccc7n56)c4)N3C2C=C1. The standard InChI is InChI=1S/C56H36N6/c1-3-13-35(14-4-1)40-25-27-47-45(33-40)55-59-49-19-9-11-21-51(49)61(55)53(57-47)43-30-42(39-24-23-37-17-7-8-18-38(37)29-39)31-44(32-43)54-58-48-28-26-41(36-15-5-2-6-16-36)34-46(48)56-60-50-20-10-12-22-52(50)62(54)56/h1-34,49,51H. The first kappa shape index (κ1) is 34.6. The van der Waals surface area contributed by atoms with Crippen molar-refractivity contribution in [3.05, 3.63) is 217 Å². The van der Waals surface area contributed by atoms with Gasteiger partial charge in [-0.1, -0.05) is 146 Å². The van der Waals surface area contributed by atoms with E-state index in [-0.39, 0.29) is 12.1 Å². The van der Waals surface area contributed by atoms with Crippen LogP contribution < -0.4 is 0 Å². The Labute approximate surface area is 357 Å². The summed E-state index contributed by atoms with van der Waals surface area (Å²) in [6, 6.07) is 64.6. The summed E-state index contributed by atoms with van der Waals surface area (Å²) in [5.41, 5.74) is 14.3. The lowest BCUT2D eigenvalue weighted by Crippen LogP contribution is -2.45. The first-order valence-electron chi connectivity index (χ1n) is 21.1. The van der Waals surface area contributed by atoms with Gasteiger partial charge in [-0.05, 0) is 105 Å². The maximum Gasteiger partial charge on any atom is 0.149 e. The second-order valence-corrected chi connectivity index (χ2v) is 16.3. The number of aromatic nitrogens is 3. The van der Waals surface area contributed by atoms with Gasteiger partial charge >= 0.3 is 0 Å². The first-order chi connectivity index (χ1) is 30.7. The third-order valence-corrected chi connectivity index (χ3v) is 12.6. The van der Waals surface area contributed by atoms with Crippen molar-refractivity contribution >= 4 is 55.7 Å². The normalized spacial score (nSPS) is 16.4. The predicted molar refractivity (Wildman–Crippen MR) is 254 cm³/mol. The van der Waals surface area contributed by atoms with E-state index in [0.717, 1.165) is 101 Å². The van der Waals surface area contributed by atoms with Crippen LogP contribution in [0.25, 0.3) is 83.1 Å². The average Bonchev–Trinajstić information content (AvgIpc) is 3.94. The van der Waals surface area contributed by atoms with Crippen LogP contribution in [0.5, 0.6) is 0 Å². The summed E-state index contributed by atoms with van der Waals surface area (Å²) >= 11 is 0. The molecule has 1 aliphatic carbocycles. The Morgan fingerprint density at radius 2 is 1.11 bits per heavy atom. The van der Waals surface area contributed by atoms with E-state index in [1.54, 1.807) is 0 Å². The van der Waals surface area contributed by atoms with Gasteiger partial charge in [-0.3, -0.25) is 9.39 Å². The average molecular weight is 793 g/mol. The molecule has 8 aromatic carbocycles. The topological polar surface area (TPSA) is 58.1 Å². The molecule has 0 saturated carbocycles. The predicted octanol–water partition coefficient (Wildman–Crippen LogP) is 12.9. The molecule has 0 fully saturated rings. The molecule has 0 spiro atoms. The van der Waals surface area contributed by atoms with Crippen molar-refractivity contribution in [2.75, 3.05) is 0 Å². The minimum Gasteiger partial charge on any atom is -0.301 e. The van der Waals surface area contributed by atoms with Crippen molar-refractivity contribution in [3.8, 4) is 44.8 Å². The summed E-state index contributed by atoms with van der Waals surface area (Å²) in [4.78, 5) is 24.2. The zero-order valence-electron chi connectivity index (χ0n) is 33.5. The number of fused-ring (bicyclic) bond motifs is 11. The zero-order valence-corrected chi connectivity index (χ0v) is 33.5. The molecular formula is C56H36N6. The molecule has 6 nitrogen and oxygen atoms in total. The van der Waals surface area contributed by atoms with Crippen LogP contribution in [0.2, 0.25) is 0 Å². The van der Waals surface area contributed by atoms with Gasteiger partial charge in [0.05, 0.1) is 34.3 Å². The van der Waals surface area contributed by atoms with Gasteiger partial charge < -0.3 is 4.90 Å². The number of benzene rings is 8. The molecule has 290 valence electrons. The molecule has 10 aromatic rings. The van der Waals surface area contributed by atoms with E-state index >= 15 is 0 Å². The van der Waals surface area contributed by atoms with Crippen LogP contribution in [0.4, 0.5) is 5.69 Å². The Bertz CT molecular complexity index is 3600. The van der Waals surface area contributed by atoms with Gasteiger partial charge in [0.2, 0.25) is 0 Å². The summed E-state index contributed by atoms with van der Waals surface area (Å²) in [5.74, 6) is 2.61. The zero-order chi connectivity index (χ0) is 40.7. The van der Waals surface area contributed by atoms with Crippen LogP contribution in [0, 0.1) is 0 Å². The summed E-state index contributed by atoms with van der Waals surface area (Å²) in [6.45, 7) is 0. The smallest absolute Gasteiger partial charge is 0.149 e. The molecule has 62 heavy (non-hydrogen) atoms. The van der Waals surface area contributed by atoms with Crippen molar-refractivity contribution in [2.45, 2.75) is 12.1 Å². The van der Waals surface area contributed by atoms with Crippen LogP contribution in [0.15, 0.2) is 216 Å². The number of hydrogen-bond acceptors (Lipinski definition) is 5. The van der Waals surface area contributed by atoms with Crippen LogP contribution in [-0.4, -0.2) is 43.0 Å². The van der Waals surface area contributed by atoms with E-state index in [1.165, 1.54) is 10.8 Å². The molecule has 6 heteroatoms. The second-order valence-electron chi connectivity index (χ2n) is 16.3. The van der Waals surface area contributed by atoms with Gasteiger partial charge in [0.1, 0.15) is 23.1 Å². The van der Waals surface area contributed by atoms with Gasteiger partial charge in [-0.2, -0.15) is 0 Å². The van der Waals surface area contributed by atoms with Gasteiger partial charge in [0, 0.05) is 22.1 Å². The van der Waals surface area contributed by atoms with Gasteiger partial charge in [0.25, 0.3) is 0 Å². The molecule has 4 heterocycles. The number of hydrogen-bond donors (Lipinski definition) is 0. The van der Waals surface area contributed by atoms with Crippen LogP contribution in [0.3, 0.4) is 0 Å². The Morgan fingerprint density at radius 3 is 1.97 bits per heavy atom. The molecule has 2 atom stereocenters. The van der Waals surface area contributed by atoms with E-state index < -0.39 is 0 Å².